The second-order valence-electron chi connectivity index (χ2n) is 5.55. The molecule has 1 aromatic heterocycles. The highest BCUT2D eigenvalue weighted by molar-refractivity contribution is 5.31. The lowest BCUT2D eigenvalue weighted by Gasteiger charge is -2.14. The zero-order chi connectivity index (χ0) is 12.5. The smallest absolute Gasteiger partial charge is 0.131 e. The van der Waals surface area contributed by atoms with Gasteiger partial charge in [0.05, 0.1) is 17.5 Å². The molecule has 1 aromatic rings. The Morgan fingerprint density at radius 1 is 1.33 bits per heavy atom. The van der Waals surface area contributed by atoms with Gasteiger partial charge in [-0.25, -0.2) is 9.97 Å². The summed E-state index contributed by atoms with van der Waals surface area (Å²) in [5.74, 6) is 1.43. The fourth-order valence-electron chi connectivity index (χ4n) is 2.83. The van der Waals surface area contributed by atoms with Crippen LogP contribution in [0.2, 0.25) is 0 Å². The standard InChI is InChI=1S/C14H21N3O/c1-9(2)14-11-7-15-8-12(11)16-13(17-14)6-10-4-3-5-18-10/h9-10,15H,3-8H2,1-2H3. The molecule has 4 nitrogen and oxygen atoms in total. The first-order valence-corrected chi connectivity index (χ1v) is 6.95. The zero-order valence-corrected chi connectivity index (χ0v) is 11.2. The van der Waals surface area contributed by atoms with Crippen molar-refractivity contribution in [2.24, 2.45) is 0 Å². The van der Waals surface area contributed by atoms with Crippen molar-refractivity contribution in [3.63, 3.8) is 0 Å². The van der Waals surface area contributed by atoms with E-state index < -0.39 is 0 Å². The summed E-state index contributed by atoms with van der Waals surface area (Å²) >= 11 is 0. The number of hydrogen-bond donors (Lipinski definition) is 1. The predicted molar refractivity (Wildman–Crippen MR) is 69.3 cm³/mol. The van der Waals surface area contributed by atoms with E-state index in [2.05, 4.69) is 19.2 Å². The van der Waals surface area contributed by atoms with Crippen LogP contribution in [0.15, 0.2) is 0 Å². The molecule has 3 heterocycles. The molecule has 1 fully saturated rings. The van der Waals surface area contributed by atoms with Crippen molar-refractivity contribution in [3.8, 4) is 0 Å². The highest BCUT2D eigenvalue weighted by Gasteiger charge is 2.23. The highest BCUT2D eigenvalue weighted by atomic mass is 16.5. The highest BCUT2D eigenvalue weighted by Crippen LogP contribution is 2.24. The minimum absolute atomic E-state index is 0.331. The fraction of sp³-hybridized carbons (Fsp3) is 0.714. The van der Waals surface area contributed by atoms with Crippen molar-refractivity contribution in [2.75, 3.05) is 6.61 Å². The number of nitrogens with zero attached hydrogens (tertiary/aromatic N) is 2. The van der Waals surface area contributed by atoms with Gasteiger partial charge in [0.25, 0.3) is 0 Å². The molecule has 18 heavy (non-hydrogen) atoms. The third-order valence-corrected chi connectivity index (χ3v) is 3.75. The van der Waals surface area contributed by atoms with Gasteiger partial charge in [-0.1, -0.05) is 13.8 Å². The van der Waals surface area contributed by atoms with Crippen LogP contribution in [0.25, 0.3) is 0 Å². The van der Waals surface area contributed by atoms with Gasteiger partial charge in [-0.15, -0.1) is 0 Å². The van der Waals surface area contributed by atoms with E-state index in [1.54, 1.807) is 0 Å². The fourth-order valence-corrected chi connectivity index (χ4v) is 2.83. The number of rotatable bonds is 3. The van der Waals surface area contributed by atoms with Crippen molar-refractivity contribution in [1.29, 1.82) is 0 Å². The topological polar surface area (TPSA) is 47.0 Å². The monoisotopic (exact) mass is 247 g/mol. The van der Waals surface area contributed by atoms with Gasteiger partial charge < -0.3 is 10.1 Å². The third-order valence-electron chi connectivity index (χ3n) is 3.75. The first-order valence-electron chi connectivity index (χ1n) is 6.95. The summed E-state index contributed by atoms with van der Waals surface area (Å²) in [6, 6.07) is 0. The normalized spacial score (nSPS) is 22.7. The van der Waals surface area contributed by atoms with Gasteiger partial charge in [0.1, 0.15) is 5.82 Å². The first-order chi connectivity index (χ1) is 8.74. The van der Waals surface area contributed by atoms with Crippen LogP contribution < -0.4 is 5.32 Å². The Labute approximate surface area is 108 Å². The average Bonchev–Trinajstić information content (AvgIpc) is 2.98. The van der Waals surface area contributed by atoms with E-state index in [4.69, 9.17) is 14.7 Å². The summed E-state index contributed by atoms with van der Waals surface area (Å²) in [6.07, 6.45) is 3.52. The molecule has 4 heteroatoms. The van der Waals surface area contributed by atoms with Gasteiger partial charge in [0, 0.05) is 31.7 Å². The Morgan fingerprint density at radius 3 is 2.94 bits per heavy atom. The van der Waals surface area contributed by atoms with Crippen LogP contribution >= 0.6 is 0 Å². The largest absolute Gasteiger partial charge is 0.378 e. The first kappa shape index (κ1) is 12.1. The van der Waals surface area contributed by atoms with Gasteiger partial charge in [-0.3, -0.25) is 0 Å². The molecule has 0 aromatic carbocycles. The van der Waals surface area contributed by atoms with Gasteiger partial charge in [0.2, 0.25) is 0 Å². The quantitative estimate of drug-likeness (QED) is 0.886. The Kier molecular flexibility index (Phi) is 3.31. The Balaban J connectivity index is 1.88. The van der Waals surface area contributed by atoms with Gasteiger partial charge in [-0.2, -0.15) is 0 Å². The molecule has 0 saturated carbocycles. The van der Waals surface area contributed by atoms with Crippen molar-refractivity contribution >= 4 is 0 Å². The van der Waals surface area contributed by atoms with Crippen LogP contribution in [0.1, 0.15) is 55.4 Å². The van der Waals surface area contributed by atoms with Crippen LogP contribution in [0, 0.1) is 0 Å². The van der Waals surface area contributed by atoms with Crippen LogP contribution in [-0.4, -0.2) is 22.7 Å². The van der Waals surface area contributed by atoms with E-state index in [9.17, 15) is 0 Å². The minimum Gasteiger partial charge on any atom is -0.378 e. The molecular weight excluding hydrogens is 226 g/mol. The van der Waals surface area contributed by atoms with Crippen LogP contribution in [0.3, 0.4) is 0 Å². The maximum Gasteiger partial charge on any atom is 0.131 e. The molecule has 2 aliphatic heterocycles. The maximum atomic E-state index is 5.68. The minimum atomic E-state index is 0.331. The summed E-state index contributed by atoms with van der Waals surface area (Å²) in [7, 11) is 0. The summed E-state index contributed by atoms with van der Waals surface area (Å²) in [5.41, 5.74) is 3.74. The summed E-state index contributed by atoms with van der Waals surface area (Å²) in [6.45, 7) is 7.11. The summed E-state index contributed by atoms with van der Waals surface area (Å²) in [4.78, 5) is 9.48. The molecule has 0 amide bonds. The molecule has 0 bridgehead atoms. The summed E-state index contributed by atoms with van der Waals surface area (Å²) < 4.78 is 5.68. The lowest BCUT2D eigenvalue weighted by atomic mass is 10.0. The number of aromatic nitrogens is 2. The van der Waals surface area contributed by atoms with E-state index in [-0.39, 0.29) is 0 Å². The van der Waals surface area contributed by atoms with E-state index >= 15 is 0 Å². The van der Waals surface area contributed by atoms with Gasteiger partial charge in [0.15, 0.2) is 0 Å². The second kappa shape index (κ2) is 4.94. The molecule has 0 spiro atoms. The molecule has 2 aliphatic rings. The van der Waals surface area contributed by atoms with Crippen LogP contribution in [-0.2, 0) is 24.2 Å². The lowest BCUT2D eigenvalue weighted by molar-refractivity contribution is 0.109. The van der Waals surface area contributed by atoms with Crippen molar-refractivity contribution in [2.45, 2.75) is 58.2 Å². The third kappa shape index (κ3) is 2.27. The molecule has 0 radical (unpaired) electrons. The Bertz CT molecular complexity index is 439. The maximum absolute atomic E-state index is 5.68. The number of nitrogens with one attached hydrogen (secondary N) is 1. The van der Waals surface area contributed by atoms with Gasteiger partial charge in [-0.05, 0) is 18.8 Å². The summed E-state index contributed by atoms with van der Waals surface area (Å²) in [5, 5.41) is 3.37. The zero-order valence-electron chi connectivity index (χ0n) is 11.2. The van der Waals surface area contributed by atoms with E-state index in [0.717, 1.165) is 38.4 Å². The van der Waals surface area contributed by atoms with E-state index in [0.29, 0.717) is 12.0 Å². The molecule has 98 valence electrons. The molecule has 1 unspecified atom stereocenters. The van der Waals surface area contributed by atoms with E-state index in [1.165, 1.54) is 23.4 Å². The molecule has 1 atom stereocenters. The Hall–Kier alpha value is -1.00. The molecule has 0 aliphatic carbocycles. The average molecular weight is 247 g/mol. The van der Waals surface area contributed by atoms with Crippen molar-refractivity contribution in [3.05, 3.63) is 22.8 Å². The number of ether oxygens (including phenoxy) is 1. The lowest BCUT2D eigenvalue weighted by Crippen LogP contribution is -2.15. The van der Waals surface area contributed by atoms with Gasteiger partial charge >= 0.3 is 0 Å². The number of hydrogen-bond acceptors (Lipinski definition) is 4. The molecular formula is C14H21N3O. The molecule has 3 rings (SSSR count). The second-order valence-corrected chi connectivity index (χ2v) is 5.55. The number of fused-ring (bicyclic) bond motifs is 1. The predicted octanol–water partition coefficient (Wildman–Crippen LogP) is 1.92. The molecule has 1 N–H and O–H groups in total. The van der Waals surface area contributed by atoms with Crippen LogP contribution in [0.4, 0.5) is 0 Å². The SMILES string of the molecule is CC(C)c1nc(CC2CCCO2)nc2c1CNC2. The van der Waals surface area contributed by atoms with Crippen molar-refractivity contribution < 1.29 is 4.74 Å². The van der Waals surface area contributed by atoms with E-state index in [1.807, 2.05) is 0 Å². The van der Waals surface area contributed by atoms with Crippen molar-refractivity contribution in [1.82, 2.24) is 15.3 Å². The Morgan fingerprint density at radius 2 is 2.22 bits per heavy atom. The molecule has 1 saturated heterocycles. The van der Waals surface area contributed by atoms with Crippen LogP contribution in [0.5, 0.6) is 0 Å².